The van der Waals surface area contributed by atoms with Gasteiger partial charge in [-0.2, -0.15) is 5.10 Å². The maximum atomic E-state index is 11.9. The van der Waals surface area contributed by atoms with Gasteiger partial charge in [0.1, 0.15) is 0 Å². The molecule has 0 aromatic carbocycles. The van der Waals surface area contributed by atoms with Crippen molar-refractivity contribution in [3.05, 3.63) is 18.0 Å². The molecule has 5 heteroatoms. The zero-order valence-electron chi connectivity index (χ0n) is 9.81. The van der Waals surface area contributed by atoms with Crippen molar-refractivity contribution in [2.45, 2.75) is 25.9 Å². The molecule has 5 nitrogen and oxygen atoms in total. The van der Waals surface area contributed by atoms with Gasteiger partial charge in [-0.05, 0) is 19.0 Å². The van der Waals surface area contributed by atoms with Crippen molar-refractivity contribution >= 4 is 5.91 Å². The standard InChI is InChI=1S/C11H18N4O/c1-3-12-10-5-7-15(11(10)16)8-9-4-6-14(2)13-9/h4,6,10,12H,3,5,7-8H2,1-2H3. The highest BCUT2D eigenvalue weighted by Crippen LogP contribution is 2.13. The maximum Gasteiger partial charge on any atom is 0.240 e. The molecule has 1 aromatic heterocycles. The van der Waals surface area contributed by atoms with Crippen LogP contribution in [0.1, 0.15) is 19.0 Å². The molecule has 1 N–H and O–H groups in total. The zero-order chi connectivity index (χ0) is 11.5. The fraction of sp³-hybridized carbons (Fsp3) is 0.636. The summed E-state index contributed by atoms with van der Waals surface area (Å²) in [5, 5.41) is 7.48. The first-order valence-corrected chi connectivity index (χ1v) is 5.71. The Balaban J connectivity index is 1.94. The van der Waals surface area contributed by atoms with E-state index in [1.54, 1.807) is 4.68 Å². The Morgan fingerprint density at radius 1 is 1.62 bits per heavy atom. The lowest BCUT2D eigenvalue weighted by Crippen LogP contribution is -2.37. The van der Waals surface area contributed by atoms with Gasteiger partial charge in [-0.15, -0.1) is 0 Å². The van der Waals surface area contributed by atoms with Gasteiger partial charge in [0.25, 0.3) is 0 Å². The van der Waals surface area contributed by atoms with Crippen LogP contribution in [0.4, 0.5) is 0 Å². The van der Waals surface area contributed by atoms with Crippen molar-refractivity contribution in [1.82, 2.24) is 20.0 Å². The molecule has 0 aliphatic carbocycles. The van der Waals surface area contributed by atoms with Crippen molar-refractivity contribution in [3.63, 3.8) is 0 Å². The van der Waals surface area contributed by atoms with E-state index in [9.17, 15) is 4.79 Å². The second-order valence-corrected chi connectivity index (χ2v) is 4.14. The van der Waals surface area contributed by atoms with E-state index in [0.29, 0.717) is 6.54 Å². The Morgan fingerprint density at radius 3 is 3.06 bits per heavy atom. The van der Waals surface area contributed by atoms with Crippen molar-refractivity contribution in [3.8, 4) is 0 Å². The van der Waals surface area contributed by atoms with Gasteiger partial charge < -0.3 is 10.2 Å². The molecular formula is C11H18N4O. The third kappa shape index (κ3) is 2.24. The number of likely N-dealkylation sites (N-methyl/N-ethyl adjacent to an activating group) is 1. The monoisotopic (exact) mass is 222 g/mol. The highest BCUT2D eigenvalue weighted by Gasteiger charge is 2.30. The average molecular weight is 222 g/mol. The van der Waals surface area contributed by atoms with Crippen LogP contribution in [0.2, 0.25) is 0 Å². The second kappa shape index (κ2) is 4.65. The number of nitrogens with one attached hydrogen (secondary N) is 1. The van der Waals surface area contributed by atoms with E-state index in [1.165, 1.54) is 0 Å². The van der Waals surface area contributed by atoms with Crippen molar-refractivity contribution in [1.29, 1.82) is 0 Å². The predicted octanol–water partition coefficient (Wildman–Crippen LogP) is 0.130. The highest BCUT2D eigenvalue weighted by molar-refractivity contribution is 5.83. The molecule has 1 saturated heterocycles. The number of nitrogens with zero attached hydrogens (tertiary/aromatic N) is 3. The van der Waals surface area contributed by atoms with Gasteiger partial charge in [0.05, 0.1) is 18.3 Å². The molecule has 1 amide bonds. The summed E-state index contributed by atoms with van der Waals surface area (Å²) in [6.07, 6.45) is 2.80. The van der Waals surface area contributed by atoms with Crippen molar-refractivity contribution in [2.24, 2.45) is 7.05 Å². The van der Waals surface area contributed by atoms with E-state index in [2.05, 4.69) is 10.4 Å². The molecule has 88 valence electrons. The summed E-state index contributed by atoms with van der Waals surface area (Å²) in [5.41, 5.74) is 0.952. The second-order valence-electron chi connectivity index (χ2n) is 4.14. The minimum Gasteiger partial charge on any atom is -0.335 e. The van der Waals surface area contributed by atoms with E-state index in [1.807, 2.05) is 31.1 Å². The number of hydrogen-bond donors (Lipinski definition) is 1. The fourth-order valence-electron chi connectivity index (χ4n) is 2.07. The Labute approximate surface area is 95.4 Å². The van der Waals surface area contributed by atoms with E-state index < -0.39 is 0 Å². The molecule has 2 rings (SSSR count). The molecular weight excluding hydrogens is 204 g/mol. The van der Waals surface area contributed by atoms with Crippen LogP contribution in [-0.4, -0.2) is 39.7 Å². The molecule has 1 aliphatic heterocycles. The molecule has 2 heterocycles. The lowest BCUT2D eigenvalue weighted by atomic mass is 10.2. The van der Waals surface area contributed by atoms with Gasteiger partial charge in [-0.1, -0.05) is 6.92 Å². The summed E-state index contributed by atoms with van der Waals surface area (Å²) in [7, 11) is 1.89. The molecule has 0 radical (unpaired) electrons. The third-order valence-corrected chi connectivity index (χ3v) is 2.87. The molecule has 0 saturated carbocycles. The summed E-state index contributed by atoms with van der Waals surface area (Å²) in [6.45, 7) is 4.32. The van der Waals surface area contributed by atoms with Gasteiger partial charge >= 0.3 is 0 Å². The third-order valence-electron chi connectivity index (χ3n) is 2.87. The first-order valence-electron chi connectivity index (χ1n) is 5.71. The van der Waals surface area contributed by atoms with Crippen LogP contribution in [0.25, 0.3) is 0 Å². The minimum absolute atomic E-state index is 0.00807. The van der Waals surface area contributed by atoms with Crippen LogP contribution in [-0.2, 0) is 18.4 Å². The largest absolute Gasteiger partial charge is 0.335 e. The summed E-state index contributed by atoms with van der Waals surface area (Å²) in [5.74, 6) is 0.201. The first-order chi connectivity index (χ1) is 7.70. The summed E-state index contributed by atoms with van der Waals surface area (Å²) in [4.78, 5) is 13.8. The van der Waals surface area contributed by atoms with Crippen LogP contribution < -0.4 is 5.32 Å². The number of amides is 1. The van der Waals surface area contributed by atoms with Gasteiger partial charge in [0, 0.05) is 19.8 Å². The number of carbonyl (C=O) groups is 1. The minimum atomic E-state index is 0.00807. The van der Waals surface area contributed by atoms with Gasteiger partial charge in [-0.25, -0.2) is 0 Å². The van der Waals surface area contributed by atoms with Crippen LogP contribution in [0.5, 0.6) is 0 Å². The quantitative estimate of drug-likeness (QED) is 0.788. The Hall–Kier alpha value is -1.36. The summed E-state index contributed by atoms with van der Waals surface area (Å²) < 4.78 is 1.76. The maximum absolute atomic E-state index is 11.9. The fourth-order valence-corrected chi connectivity index (χ4v) is 2.07. The molecule has 1 aliphatic rings. The summed E-state index contributed by atoms with van der Waals surface area (Å²) in [6, 6.07) is 1.96. The Bertz CT molecular complexity index is 374. The molecule has 1 atom stereocenters. The van der Waals surface area contributed by atoms with Gasteiger partial charge in [0.2, 0.25) is 5.91 Å². The molecule has 0 bridgehead atoms. The zero-order valence-corrected chi connectivity index (χ0v) is 9.81. The van der Waals surface area contributed by atoms with Crippen molar-refractivity contribution in [2.75, 3.05) is 13.1 Å². The van der Waals surface area contributed by atoms with Crippen LogP contribution in [0, 0.1) is 0 Å². The lowest BCUT2D eigenvalue weighted by molar-refractivity contribution is -0.129. The molecule has 1 unspecified atom stereocenters. The molecule has 1 aromatic rings. The normalized spacial score (nSPS) is 20.8. The van der Waals surface area contributed by atoms with Crippen LogP contribution in [0.3, 0.4) is 0 Å². The van der Waals surface area contributed by atoms with Crippen molar-refractivity contribution < 1.29 is 4.79 Å². The number of aryl methyl sites for hydroxylation is 1. The van der Waals surface area contributed by atoms with Crippen LogP contribution >= 0.6 is 0 Å². The van der Waals surface area contributed by atoms with E-state index in [-0.39, 0.29) is 11.9 Å². The Kier molecular flexibility index (Phi) is 3.24. The number of hydrogen-bond acceptors (Lipinski definition) is 3. The van der Waals surface area contributed by atoms with E-state index >= 15 is 0 Å². The number of carbonyl (C=O) groups excluding carboxylic acids is 1. The number of rotatable bonds is 4. The molecule has 0 spiro atoms. The summed E-state index contributed by atoms with van der Waals surface area (Å²) >= 11 is 0. The first kappa shape index (κ1) is 11.1. The SMILES string of the molecule is CCNC1CCN(Cc2ccn(C)n2)C1=O. The topological polar surface area (TPSA) is 50.2 Å². The van der Waals surface area contributed by atoms with Gasteiger partial charge in [0.15, 0.2) is 0 Å². The smallest absolute Gasteiger partial charge is 0.240 e. The number of aromatic nitrogens is 2. The highest BCUT2D eigenvalue weighted by atomic mass is 16.2. The van der Waals surface area contributed by atoms with E-state index in [0.717, 1.165) is 25.2 Å². The molecule has 1 fully saturated rings. The lowest BCUT2D eigenvalue weighted by Gasteiger charge is -2.15. The number of likely N-dealkylation sites (tertiary alicyclic amines) is 1. The predicted molar refractivity (Wildman–Crippen MR) is 60.7 cm³/mol. The van der Waals surface area contributed by atoms with Gasteiger partial charge in [-0.3, -0.25) is 9.48 Å². The van der Waals surface area contributed by atoms with E-state index in [4.69, 9.17) is 0 Å². The molecule has 16 heavy (non-hydrogen) atoms. The Morgan fingerprint density at radius 2 is 2.44 bits per heavy atom. The average Bonchev–Trinajstić information content (AvgIpc) is 2.80. The van der Waals surface area contributed by atoms with Crippen LogP contribution in [0.15, 0.2) is 12.3 Å².